The summed E-state index contributed by atoms with van der Waals surface area (Å²) in [6, 6.07) is 19.1. The summed E-state index contributed by atoms with van der Waals surface area (Å²) in [7, 11) is 0. The van der Waals surface area contributed by atoms with E-state index in [2.05, 4.69) is 0 Å². The van der Waals surface area contributed by atoms with Crippen molar-refractivity contribution in [3.05, 3.63) is 82.0 Å². The van der Waals surface area contributed by atoms with Gasteiger partial charge in [0.15, 0.2) is 11.5 Å². The van der Waals surface area contributed by atoms with Crippen LogP contribution in [-0.2, 0) is 17.9 Å². The number of thiophene rings is 1. The summed E-state index contributed by atoms with van der Waals surface area (Å²) in [4.78, 5) is 31.1. The molecular weight excluding hydrogens is 424 g/mol. The van der Waals surface area contributed by atoms with Gasteiger partial charge in [0.2, 0.25) is 12.7 Å². The van der Waals surface area contributed by atoms with E-state index in [0.717, 1.165) is 16.9 Å². The smallest absolute Gasteiger partial charge is 0.254 e. The first-order valence-corrected chi connectivity index (χ1v) is 11.5. The van der Waals surface area contributed by atoms with Crippen LogP contribution in [0.1, 0.15) is 34.1 Å². The number of carbonyl (C=O) groups is 2. The van der Waals surface area contributed by atoms with Crippen LogP contribution in [0.3, 0.4) is 0 Å². The predicted molar refractivity (Wildman–Crippen MR) is 124 cm³/mol. The Morgan fingerprint density at radius 1 is 0.938 bits per heavy atom. The number of rotatable bonds is 9. The second-order valence-electron chi connectivity index (χ2n) is 7.61. The SMILES string of the molecule is CCCN(CC(=O)N(Cc1ccccc1)Cc1cccs1)C(=O)c1ccc2c(c1)OCO2. The molecule has 0 bridgehead atoms. The van der Waals surface area contributed by atoms with Crippen molar-refractivity contribution in [1.29, 1.82) is 0 Å². The van der Waals surface area contributed by atoms with Crippen molar-refractivity contribution >= 4 is 23.2 Å². The van der Waals surface area contributed by atoms with Gasteiger partial charge >= 0.3 is 0 Å². The fourth-order valence-corrected chi connectivity index (χ4v) is 4.34. The molecule has 6 nitrogen and oxygen atoms in total. The minimum atomic E-state index is -0.186. The average molecular weight is 451 g/mol. The highest BCUT2D eigenvalue weighted by atomic mass is 32.1. The number of hydrogen-bond acceptors (Lipinski definition) is 5. The number of amides is 2. The first-order chi connectivity index (χ1) is 15.6. The summed E-state index contributed by atoms with van der Waals surface area (Å²) in [5, 5.41) is 2.01. The highest BCUT2D eigenvalue weighted by Crippen LogP contribution is 2.32. The van der Waals surface area contributed by atoms with Crippen LogP contribution in [0.5, 0.6) is 11.5 Å². The molecule has 1 aliphatic rings. The van der Waals surface area contributed by atoms with Crippen LogP contribution in [0.2, 0.25) is 0 Å². The average Bonchev–Trinajstić information content (AvgIpc) is 3.50. The predicted octanol–water partition coefficient (Wildman–Crippen LogP) is 4.56. The Morgan fingerprint density at radius 2 is 1.75 bits per heavy atom. The molecule has 0 spiro atoms. The van der Waals surface area contributed by atoms with Crippen LogP contribution in [-0.4, -0.2) is 41.5 Å². The Morgan fingerprint density at radius 3 is 2.50 bits per heavy atom. The third kappa shape index (κ3) is 5.29. The lowest BCUT2D eigenvalue weighted by atomic mass is 10.1. The van der Waals surface area contributed by atoms with E-state index >= 15 is 0 Å². The maximum Gasteiger partial charge on any atom is 0.254 e. The van der Waals surface area contributed by atoms with Gasteiger partial charge in [-0.05, 0) is 41.6 Å². The molecule has 0 saturated carbocycles. The van der Waals surface area contributed by atoms with E-state index in [1.807, 2.05) is 59.7 Å². The monoisotopic (exact) mass is 450 g/mol. The van der Waals surface area contributed by atoms with Crippen LogP contribution >= 0.6 is 11.3 Å². The molecule has 0 radical (unpaired) electrons. The normalized spacial score (nSPS) is 11.9. The molecule has 1 aromatic heterocycles. The Hall–Kier alpha value is -3.32. The highest BCUT2D eigenvalue weighted by Gasteiger charge is 2.24. The van der Waals surface area contributed by atoms with Gasteiger partial charge in [-0.1, -0.05) is 43.3 Å². The van der Waals surface area contributed by atoms with Gasteiger partial charge in [-0.3, -0.25) is 9.59 Å². The molecular formula is C25H26N2O4S. The molecule has 1 aliphatic heterocycles. The van der Waals surface area contributed by atoms with Gasteiger partial charge in [0.1, 0.15) is 6.54 Å². The second kappa shape index (κ2) is 10.3. The van der Waals surface area contributed by atoms with Crippen LogP contribution in [0.4, 0.5) is 0 Å². The first kappa shape index (κ1) is 21.9. The zero-order chi connectivity index (χ0) is 22.3. The largest absolute Gasteiger partial charge is 0.454 e. The van der Waals surface area contributed by atoms with Crippen molar-refractivity contribution in [2.45, 2.75) is 26.4 Å². The zero-order valence-electron chi connectivity index (χ0n) is 18.0. The summed E-state index contributed by atoms with van der Waals surface area (Å²) < 4.78 is 10.7. The number of carbonyl (C=O) groups excluding carboxylic acids is 2. The standard InChI is InChI=1S/C25H26N2O4S/c1-2-12-26(25(29)20-10-11-22-23(14-20)31-18-30-22)17-24(28)27(16-21-9-6-13-32-21)15-19-7-4-3-5-8-19/h3-11,13-14H,2,12,15-18H2,1H3. The molecule has 0 N–H and O–H groups in total. The lowest BCUT2D eigenvalue weighted by Gasteiger charge is -2.27. The van der Waals surface area contributed by atoms with Gasteiger partial charge in [-0.15, -0.1) is 11.3 Å². The molecule has 2 aromatic carbocycles. The van der Waals surface area contributed by atoms with Crippen molar-refractivity contribution in [1.82, 2.24) is 9.80 Å². The molecule has 0 unspecified atom stereocenters. The van der Waals surface area contributed by atoms with E-state index in [9.17, 15) is 9.59 Å². The summed E-state index contributed by atoms with van der Waals surface area (Å²) in [6.07, 6.45) is 0.757. The molecule has 32 heavy (non-hydrogen) atoms. The molecule has 3 aromatic rings. The quantitative estimate of drug-likeness (QED) is 0.480. The Balaban J connectivity index is 1.51. The van der Waals surface area contributed by atoms with E-state index in [-0.39, 0.29) is 25.2 Å². The van der Waals surface area contributed by atoms with Crippen LogP contribution in [0, 0.1) is 0 Å². The summed E-state index contributed by atoms with van der Waals surface area (Å²) in [5.74, 6) is 0.922. The van der Waals surface area contributed by atoms with Gasteiger partial charge in [0, 0.05) is 23.5 Å². The number of nitrogens with zero attached hydrogens (tertiary/aromatic N) is 2. The molecule has 0 atom stereocenters. The Labute approximate surface area is 192 Å². The second-order valence-corrected chi connectivity index (χ2v) is 8.64. The van der Waals surface area contributed by atoms with E-state index < -0.39 is 0 Å². The van der Waals surface area contributed by atoms with Gasteiger partial charge < -0.3 is 19.3 Å². The van der Waals surface area contributed by atoms with Gasteiger partial charge in [0.05, 0.1) is 6.54 Å². The molecule has 0 fully saturated rings. The molecule has 4 rings (SSSR count). The van der Waals surface area contributed by atoms with Crippen LogP contribution in [0.15, 0.2) is 66.0 Å². The minimum absolute atomic E-state index is 0.0271. The topological polar surface area (TPSA) is 59.1 Å². The third-order valence-electron chi connectivity index (χ3n) is 5.22. The number of hydrogen-bond donors (Lipinski definition) is 0. The van der Waals surface area contributed by atoms with E-state index in [4.69, 9.17) is 9.47 Å². The molecule has 7 heteroatoms. The van der Waals surface area contributed by atoms with Crippen molar-refractivity contribution in [3.63, 3.8) is 0 Å². The van der Waals surface area contributed by atoms with Crippen molar-refractivity contribution in [2.75, 3.05) is 19.9 Å². The highest BCUT2D eigenvalue weighted by molar-refractivity contribution is 7.09. The summed E-state index contributed by atoms with van der Waals surface area (Å²) >= 11 is 1.62. The van der Waals surface area contributed by atoms with Gasteiger partial charge in [-0.25, -0.2) is 0 Å². The molecule has 2 heterocycles. The lowest BCUT2D eigenvalue weighted by molar-refractivity contribution is -0.133. The van der Waals surface area contributed by atoms with Crippen molar-refractivity contribution in [2.24, 2.45) is 0 Å². The molecule has 166 valence electrons. The first-order valence-electron chi connectivity index (χ1n) is 10.7. The zero-order valence-corrected chi connectivity index (χ0v) is 18.8. The molecule has 0 saturated heterocycles. The number of fused-ring (bicyclic) bond motifs is 1. The lowest BCUT2D eigenvalue weighted by Crippen LogP contribution is -2.42. The molecule has 0 aliphatic carbocycles. The van der Waals surface area contributed by atoms with Gasteiger partial charge in [-0.2, -0.15) is 0 Å². The fraction of sp³-hybridized carbons (Fsp3) is 0.280. The Bertz CT molecular complexity index is 1050. The van der Waals surface area contributed by atoms with Crippen molar-refractivity contribution < 1.29 is 19.1 Å². The van der Waals surface area contributed by atoms with E-state index in [0.29, 0.717) is 36.7 Å². The van der Waals surface area contributed by atoms with Crippen LogP contribution < -0.4 is 9.47 Å². The van der Waals surface area contributed by atoms with E-state index in [1.54, 1.807) is 34.4 Å². The number of ether oxygens (including phenoxy) is 2. The summed E-state index contributed by atoms with van der Waals surface area (Å²) in [5.41, 5.74) is 1.55. The maximum absolute atomic E-state index is 13.4. The van der Waals surface area contributed by atoms with Crippen molar-refractivity contribution in [3.8, 4) is 11.5 Å². The molecule has 2 amide bonds. The minimum Gasteiger partial charge on any atom is -0.454 e. The fourth-order valence-electron chi connectivity index (χ4n) is 3.62. The Kier molecular flexibility index (Phi) is 7.07. The van der Waals surface area contributed by atoms with Crippen LogP contribution in [0.25, 0.3) is 0 Å². The number of benzene rings is 2. The van der Waals surface area contributed by atoms with Gasteiger partial charge in [0.25, 0.3) is 5.91 Å². The third-order valence-corrected chi connectivity index (χ3v) is 6.08. The maximum atomic E-state index is 13.4. The summed E-state index contributed by atoms with van der Waals surface area (Å²) in [6.45, 7) is 3.69. The van der Waals surface area contributed by atoms with E-state index in [1.165, 1.54) is 0 Å².